The number of amides is 2. The second-order valence-electron chi connectivity index (χ2n) is 11.5. The zero-order valence-corrected chi connectivity index (χ0v) is 22.7. The van der Waals surface area contributed by atoms with Crippen LogP contribution in [0.4, 0.5) is 8.78 Å². The fraction of sp³-hybridized carbons (Fsp3) is 0.333. The van der Waals surface area contributed by atoms with Crippen LogP contribution < -0.4 is 5.32 Å². The van der Waals surface area contributed by atoms with Gasteiger partial charge in [-0.1, -0.05) is 67.6 Å². The van der Waals surface area contributed by atoms with Crippen molar-refractivity contribution < 1.29 is 18.4 Å². The monoisotopic (exact) mass is 541 g/mol. The summed E-state index contributed by atoms with van der Waals surface area (Å²) in [5.74, 6) is -1.03. The number of aromatic nitrogens is 1. The molecule has 3 unspecified atom stereocenters. The van der Waals surface area contributed by atoms with E-state index in [1.165, 1.54) is 11.0 Å². The third kappa shape index (κ3) is 4.89. The summed E-state index contributed by atoms with van der Waals surface area (Å²) in [7, 11) is 1.90. The number of carbonyl (C=O) groups is 2. The van der Waals surface area contributed by atoms with Crippen LogP contribution in [0.2, 0.25) is 0 Å². The van der Waals surface area contributed by atoms with Gasteiger partial charge in [0.05, 0.1) is 19.0 Å². The highest BCUT2D eigenvalue weighted by molar-refractivity contribution is 5.90. The van der Waals surface area contributed by atoms with E-state index in [9.17, 15) is 14.0 Å². The predicted octanol–water partition coefficient (Wildman–Crippen LogP) is 5.76. The number of nitrogens with zero attached hydrogens (tertiary/aromatic N) is 2. The van der Waals surface area contributed by atoms with Gasteiger partial charge in [0.1, 0.15) is 18.0 Å². The quantitative estimate of drug-likeness (QED) is 0.324. The number of hydrogen-bond acceptors (Lipinski definition) is 2. The van der Waals surface area contributed by atoms with Gasteiger partial charge in [0.15, 0.2) is 0 Å². The van der Waals surface area contributed by atoms with E-state index in [4.69, 9.17) is 0 Å². The Morgan fingerprint density at radius 3 is 2.42 bits per heavy atom. The third-order valence-corrected chi connectivity index (χ3v) is 8.65. The van der Waals surface area contributed by atoms with Crippen molar-refractivity contribution in [2.45, 2.75) is 56.3 Å². The number of alkyl halides is 1. The summed E-state index contributed by atoms with van der Waals surface area (Å²) >= 11 is 0. The molecule has 1 saturated heterocycles. The summed E-state index contributed by atoms with van der Waals surface area (Å²) in [6, 6.07) is 22.7. The lowest BCUT2D eigenvalue weighted by molar-refractivity contribution is -0.138. The summed E-state index contributed by atoms with van der Waals surface area (Å²) in [6.45, 7) is 1.93. The molecule has 7 heteroatoms. The van der Waals surface area contributed by atoms with E-state index in [1.807, 2.05) is 84.4 Å². The minimum absolute atomic E-state index is 0.0647. The molecule has 2 aliphatic rings. The molecule has 0 spiro atoms. The SMILES string of the molecule is Cn1c(CC(=O)N2CC(F)CC2C(=O)NC(c2ccccc2)c2ccc(C3(C)CC3)c(F)c2)cc2ccccc21. The molecule has 1 saturated carbocycles. The first-order valence-electron chi connectivity index (χ1n) is 13.9. The molecule has 4 aromatic rings. The van der Waals surface area contributed by atoms with E-state index < -0.39 is 24.2 Å². The largest absolute Gasteiger partial charge is 0.347 e. The number of para-hydroxylation sites is 1. The normalized spacial score (nSPS) is 20.4. The molecule has 1 aliphatic carbocycles. The molecule has 2 heterocycles. The predicted molar refractivity (Wildman–Crippen MR) is 151 cm³/mol. The topological polar surface area (TPSA) is 54.3 Å². The van der Waals surface area contributed by atoms with Crippen LogP contribution in [0, 0.1) is 5.82 Å². The molecule has 206 valence electrons. The van der Waals surface area contributed by atoms with Crippen LogP contribution in [0.15, 0.2) is 78.9 Å². The number of halogens is 2. The number of aryl methyl sites for hydroxylation is 1. The maximum absolute atomic E-state index is 15.2. The minimum atomic E-state index is -1.29. The van der Waals surface area contributed by atoms with Crippen LogP contribution in [-0.4, -0.2) is 40.0 Å². The standard InChI is InChI=1S/C33H33F2N3O2/c1-33(14-15-33)26-13-12-23(17-27(26)35)31(21-8-4-3-5-9-21)36-32(40)29-18-24(34)20-38(29)30(39)19-25-16-22-10-6-7-11-28(22)37(25)2/h3-13,16-17,24,29,31H,14-15,18-20H2,1-2H3,(H,36,40). The molecule has 0 bridgehead atoms. The smallest absolute Gasteiger partial charge is 0.243 e. The van der Waals surface area contributed by atoms with Gasteiger partial charge in [-0.15, -0.1) is 0 Å². The summed E-state index contributed by atoms with van der Waals surface area (Å²) < 4.78 is 31.9. The molecule has 1 aromatic heterocycles. The third-order valence-electron chi connectivity index (χ3n) is 8.65. The van der Waals surface area contributed by atoms with E-state index in [0.717, 1.165) is 35.0 Å². The van der Waals surface area contributed by atoms with Gasteiger partial charge in [0.2, 0.25) is 11.8 Å². The zero-order valence-electron chi connectivity index (χ0n) is 22.7. The molecule has 3 atom stereocenters. The second kappa shape index (κ2) is 10.2. The molecular formula is C33H33F2N3O2. The van der Waals surface area contributed by atoms with Gasteiger partial charge in [-0.2, -0.15) is 0 Å². The fourth-order valence-electron chi connectivity index (χ4n) is 5.98. The van der Waals surface area contributed by atoms with Gasteiger partial charge in [0.25, 0.3) is 0 Å². The lowest BCUT2D eigenvalue weighted by Crippen LogP contribution is -2.47. The highest BCUT2D eigenvalue weighted by Gasteiger charge is 2.42. The number of likely N-dealkylation sites (tertiary alicyclic amines) is 1. The Bertz CT molecular complexity index is 1580. The highest BCUT2D eigenvalue weighted by Crippen LogP contribution is 2.48. The number of hydrogen-bond donors (Lipinski definition) is 1. The van der Waals surface area contributed by atoms with Gasteiger partial charge in [-0.05, 0) is 58.5 Å². The van der Waals surface area contributed by atoms with E-state index in [-0.39, 0.29) is 36.5 Å². The average Bonchev–Trinajstić information content (AvgIpc) is 3.45. The van der Waals surface area contributed by atoms with Crippen molar-refractivity contribution >= 4 is 22.7 Å². The van der Waals surface area contributed by atoms with Crippen LogP contribution in [-0.2, 0) is 28.5 Å². The number of rotatable bonds is 7. The fourth-order valence-corrected chi connectivity index (χ4v) is 5.98. The van der Waals surface area contributed by atoms with Crippen molar-refractivity contribution in [1.29, 1.82) is 0 Å². The maximum atomic E-state index is 15.2. The van der Waals surface area contributed by atoms with Crippen molar-refractivity contribution in [3.05, 3.63) is 107 Å². The van der Waals surface area contributed by atoms with Crippen molar-refractivity contribution in [3.63, 3.8) is 0 Å². The Morgan fingerprint density at radius 1 is 1.00 bits per heavy atom. The van der Waals surface area contributed by atoms with Crippen LogP contribution in [0.1, 0.15) is 54.6 Å². The number of fused-ring (bicyclic) bond motifs is 1. The molecule has 3 aromatic carbocycles. The molecule has 6 rings (SSSR count). The number of benzene rings is 3. The van der Waals surface area contributed by atoms with Gasteiger partial charge in [0, 0.05) is 24.7 Å². The van der Waals surface area contributed by atoms with E-state index >= 15 is 4.39 Å². The first-order chi connectivity index (χ1) is 19.2. The maximum Gasteiger partial charge on any atom is 0.243 e. The van der Waals surface area contributed by atoms with E-state index in [1.54, 1.807) is 0 Å². The van der Waals surface area contributed by atoms with Crippen molar-refractivity contribution in [1.82, 2.24) is 14.8 Å². The van der Waals surface area contributed by atoms with Crippen LogP contribution in [0.3, 0.4) is 0 Å². The van der Waals surface area contributed by atoms with E-state index in [0.29, 0.717) is 11.1 Å². The summed E-state index contributed by atoms with van der Waals surface area (Å²) in [4.78, 5) is 28.5. The van der Waals surface area contributed by atoms with Crippen LogP contribution in [0.5, 0.6) is 0 Å². The van der Waals surface area contributed by atoms with Crippen molar-refractivity contribution in [2.75, 3.05) is 6.54 Å². The lowest BCUT2D eigenvalue weighted by atomic mass is 9.92. The van der Waals surface area contributed by atoms with Crippen LogP contribution >= 0.6 is 0 Å². The molecule has 0 radical (unpaired) electrons. The Balaban J connectivity index is 1.25. The van der Waals surface area contributed by atoms with Crippen molar-refractivity contribution in [2.24, 2.45) is 7.05 Å². The van der Waals surface area contributed by atoms with Gasteiger partial charge < -0.3 is 14.8 Å². The van der Waals surface area contributed by atoms with Crippen LogP contribution in [0.25, 0.3) is 10.9 Å². The minimum Gasteiger partial charge on any atom is -0.347 e. The Kier molecular flexibility index (Phi) is 6.69. The first kappa shape index (κ1) is 26.2. The Labute approximate surface area is 232 Å². The Hall–Kier alpha value is -4.00. The summed E-state index contributed by atoms with van der Waals surface area (Å²) in [6.07, 6.45) is 0.612. The van der Waals surface area contributed by atoms with Gasteiger partial charge >= 0.3 is 0 Å². The zero-order chi connectivity index (χ0) is 28.0. The van der Waals surface area contributed by atoms with Crippen molar-refractivity contribution in [3.8, 4) is 0 Å². The molecular weight excluding hydrogens is 508 g/mol. The molecule has 2 amide bonds. The summed E-state index contributed by atoms with van der Waals surface area (Å²) in [5, 5.41) is 4.04. The molecule has 1 aliphatic heterocycles. The highest BCUT2D eigenvalue weighted by atomic mass is 19.1. The van der Waals surface area contributed by atoms with Gasteiger partial charge in [-0.3, -0.25) is 9.59 Å². The molecule has 40 heavy (non-hydrogen) atoms. The van der Waals surface area contributed by atoms with Gasteiger partial charge in [-0.25, -0.2) is 8.78 Å². The lowest BCUT2D eigenvalue weighted by Gasteiger charge is -2.27. The number of nitrogens with one attached hydrogen (secondary N) is 1. The second-order valence-corrected chi connectivity index (χ2v) is 11.5. The Morgan fingerprint density at radius 2 is 1.73 bits per heavy atom. The molecule has 1 N–H and O–H groups in total. The molecule has 5 nitrogen and oxygen atoms in total. The summed E-state index contributed by atoms with van der Waals surface area (Å²) in [5.41, 5.74) is 3.76. The number of carbonyl (C=O) groups excluding carboxylic acids is 2. The molecule has 2 fully saturated rings. The first-order valence-corrected chi connectivity index (χ1v) is 13.9. The average molecular weight is 542 g/mol. The van der Waals surface area contributed by atoms with E-state index in [2.05, 4.69) is 12.2 Å².